The average molecular weight is 340 g/mol. The van der Waals surface area contributed by atoms with Crippen LogP contribution in [0, 0.1) is 11.3 Å². The second-order valence-electron chi connectivity index (χ2n) is 6.54. The molecule has 0 radical (unpaired) electrons. The van der Waals surface area contributed by atoms with Gasteiger partial charge < -0.3 is 19.1 Å². The third kappa shape index (κ3) is 3.11. The number of hydrogen-bond acceptors (Lipinski definition) is 5. The first-order valence-electron chi connectivity index (χ1n) is 8.14. The molecule has 2 aromatic rings. The van der Waals surface area contributed by atoms with Gasteiger partial charge in [0.25, 0.3) is 5.56 Å². The Morgan fingerprint density at radius 2 is 2.12 bits per heavy atom. The zero-order chi connectivity index (χ0) is 18.2. The van der Waals surface area contributed by atoms with E-state index in [2.05, 4.69) is 6.07 Å². The van der Waals surface area contributed by atoms with E-state index in [9.17, 15) is 9.90 Å². The number of aryl methyl sites for hydroxylation is 1. The number of fused-ring (bicyclic) bond motifs is 1. The summed E-state index contributed by atoms with van der Waals surface area (Å²) in [6.45, 7) is 5.99. The van der Waals surface area contributed by atoms with Gasteiger partial charge in [-0.15, -0.1) is 0 Å². The third-order valence-electron chi connectivity index (χ3n) is 4.39. The van der Waals surface area contributed by atoms with Crippen LogP contribution in [0.4, 0.5) is 0 Å². The molecule has 0 amide bonds. The summed E-state index contributed by atoms with van der Waals surface area (Å²) in [7, 11) is 0. The number of ether oxygens (including phenoxy) is 2. The monoisotopic (exact) mass is 340 g/mol. The summed E-state index contributed by atoms with van der Waals surface area (Å²) >= 11 is 0. The Bertz CT molecular complexity index is 895. The van der Waals surface area contributed by atoms with Crippen LogP contribution in [0.2, 0.25) is 0 Å². The zero-order valence-electron chi connectivity index (χ0n) is 14.4. The molecule has 0 spiro atoms. The molecule has 6 nitrogen and oxygen atoms in total. The van der Waals surface area contributed by atoms with Gasteiger partial charge in [0.2, 0.25) is 0 Å². The molecule has 2 unspecified atom stereocenters. The second-order valence-corrected chi connectivity index (χ2v) is 6.54. The van der Waals surface area contributed by atoms with Crippen LogP contribution in [0.1, 0.15) is 38.0 Å². The van der Waals surface area contributed by atoms with E-state index in [1.54, 1.807) is 48.9 Å². The normalized spacial score (nSPS) is 20.9. The molecule has 0 bridgehead atoms. The highest BCUT2D eigenvalue weighted by molar-refractivity contribution is 5.46. The summed E-state index contributed by atoms with van der Waals surface area (Å²) in [5.41, 5.74) is -0.00820. The van der Waals surface area contributed by atoms with Gasteiger partial charge in [-0.25, -0.2) is 0 Å². The second kappa shape index (κ2) is 6.26. The minimum Gasteiger partial charge on any atom is -0.485 e. The van der Waals surface area contributed by atoms with Crippen molar-refractivity contribution >= 4 is 0 Å². The average Bonchev–Trinajstić information content (AvgIpc) is 2.58. The van der Waals surface area contributed by atoms with Crippen molar-refractivity contribution in [2.75, 3.05) is 0 Å². The van der Waals surface area contributed by atoms with Crippen molar-refractivity contribution in [2.24, 2.45) is 0 Å². The number of nitrogens with zero attached hydrogens (tertiary/aromatic N) is 2. The van der Waals surface area contributed by atoms with E-state index >= 15 is 0 Å². The molecule has 1 aromatic carbocycles. The maximum absolute atomic E-state index is 12.0. The summed E-state index contributed by atoms with van der Waals surface area (Å²) in [6, 6.07) is 10.2. The molecule has 1 aromatic heterocycles. The first-order valence-corrected chi connectivity index (χ1v) is 8.14. The fourth-order valence-corrected chi connectivity index (χ4v) is 2.91. The van der Waals surface area contributed by atoms with Crippen LogP contribution in [-0.4, -0.2) is 21.4 Å². The minimum absolute atomic E-state index is 0.174. The summed E-state index contributed by atoms with van der Waals surface area (Å²) in [5, 5.41) is 19.9. The van der Waals surface area contributed by atoms with Crippen molar-refractivity contribution < 1.29 is 14.6 Å². The number of rotatable bonds is 3. The fourth-order valence-electron chi connectivity index (χ4n) is 2.91. The van der Waals surface area contributed by atoms with E-state index in [-0.39, 0.29) is 5.56 Å². The molecule has 0 aliphatic carbocycles. The quantitative estimate of drug-likeness (QED) is 0.927. The number of nitriles is 1. The Balaban J connectivity index is 2.03. The van der Waals surface area contributed by atoms with Gasteiger partial charge in [0, 0.05) is 24.4 Å². The molecule has 2 atom stereocenters. The van der Waals surface area contributed by atoms with Crippen LogP contribution in [0.15, 0.2) is 41.3 Å². The van der Waals surface area contributed by atoms with Crippen LogP contribution < -0.4 is 15.0 Å². The molecule has 1 aliphatic heterocycles. The Morgan fingerprint density at radius 1 is 1.36 bits per heavy atom. The van der Waals surface area contributed by atoms with Gasteiger partial charge in [0.05, 0.1) is 11.6 Å². The van der Waals surface area contributed by atoms with Gasteiger partial charge in [-0.2, -0.15) is 5.26 Å². The molecular weight excluding hydrogens is 320 g/mol. The highest BCUT2D eigenvalue weighted by Crippen LogP contribution is 2.42. The number of aliphatic hydroxyl groups excluding tert-OH is 1. The maximum atomic E-state index is 12.0. The van der Waals surface area contributed by atoms with Gasteiger partial charge >= 0.3 is 0 Å². The molecule has 3 rings (SSSR count). The predicted octanol–water partition coefficient (Wildman–Crippen LogP) is 2.39. The molecule has 6 heteroatoms. The van der Waals surface area contributed by atoms with Gasteiger partial charge in [-0.1, -0.05) is 0 Å². The third-order valence-corrected chi connectivity index (χ3v) is 4.39. The van der Waals surface area contributed by atoms with Crippen LogP contribution in [0.25, 0.3) is 0 Å². The van der Waals surface area contributed by atoms with E-state index in [0.717, 1.165) is 0 Å². The number of aliphatic hydroxyl groups is 1. The van der Waals surface area contributed by atoms with E-state index < -0.39 is 17.8 Å². The van der Waals surface area contributed by atoms with Crippen molar-refractivity contribution in [1.29, 1.82) is 5.26 Å². The van der Waals surface area contributed by atoms with Crippen LogP contribution in [0.3, 0.4) is 0 Å². The Morgan fingerprint density at radius 3 is 2.76 bits per heavy atom. The van der Waals surface area contributed by atoms with Crippen molar-refractivity contribution in [3.63, 3.8) is 0 Å². The SMILES string of the molecule is CCn1ccc(OC2c3cc(C#N)ccc3OC(C)(C)C2O)cc1=O. The summed E-state index contributed by atoms with van der Waals surface area (Å²) < 4.78 is 13.4. The van der Waals surface area contributed by atoms with Gasteiger partial charge in [0.15, 0.2) is 6.10 Å². The largest absolute Gasteiger partial charge is 0.485 e. The molecular formula is C19H20N2O4. The number of benzene rings is 1. The fraction of sp³-hybridized carbons (Fsp3) is 0.368. The maximum Gasteiger partial charge on any atom is 0.254 e. The highest BCUT2D eigenvalue weighted by Gasteiger charge is 2.44. The molecule has 0 saturated heterocycles. The minimum atomic E-state index is -0.970. The molecule has 0 saturated carbocycles. The van der Waals surface area contributed by atoms with Gasteiger partial charge in [-0.3, -0.25) is 4.79 Å². The lowest BCUT2D eigenvalue weighted by Gasteiger charge is -2.41. The van der Waals surface area contributed by atoms with Gasteiger partial charge in [0.1, 0.15) is 23.2 Å². The summed E-state index contributed by atoms with van der Waals surface area (Å²) in [6.07, 6.45) is -0.0623. The highest BCUT2D eigenvalue weighted by atomic mass is 16.5. The number of hydrogen-bond donors (Lipinski definition) is 1. The van der Waals surface area contributed by atoms with Crippen LogP contribution in [0.5, 0.6) is 11.5 Å². The number of aromatic nitrogens is 1. The van der Waals surface area contributed by atoms with E-state index in [0.29, 0.717) is 29.2 Å². The molecule has 130 valence electrons. The van der Waals surface area contributed by atoms with E-state index in [4.69, 9.17) is 14.7 Å². The topological polar surface area (TPSA) is 84.5 Å². The molecule has 2 heterocycles. The van der Waals surface area contributed by atoms with Gasteiger partial charge in [-0.05, 0) is 45.0 Å². The molecule has 1 N–H and O–H groups in total. The van der Waals surface area contributed by atoms with E-state index in [1.165, 1.54) is 6.07 Å². The summed E-state index contributed by atoms with van der Waals surface area (Å²) in [5.74, 6) is 0.922. The number of pyridine rings is 1. The molecule has 1 aliphatic rings. The lowest BCUT2D eigenvalue weighted by molar-refractivity contribution is -0.103. The Kier molecular flexibility index (Phi) is 4.27. The first-order chi connectivity index (χ1) is 11.9. The Hall–Kier alpha value is -2.78. The first kappa shape index (κ1) is 17.1. The van der Waals surface area contributed by atoms with Crippen molar-refractivity contribution in [3.05, 3.63) is 58.0 Å². The lowest BCUT2D eigenvalue weighted by Crippen LogP contribution is -2.50. The summed E-state index contributed by atoms with van der Waals surface area (Å²) in [4.78, 5) is 12.0. The van der Waals surface area contributed by atoms with Crippen LogP contribution in [-0.2, 0) is 6.54 Å². The van der Waals surface area contributed by atoms with Crippen molar-refractivity contribution in [2.45, 2.75) is 45.1 Å². The van der Waals surface area contributed by atoms with Crippen molar-refractivity contribution in [1.82, 2.24) is 4.57 Å². The smallest absolute Gasteiger partial charge is 0.254 e. The van der Waals surface area contributed by atoms with Crippen LogP contribution >= 0.6 is 0 Å². The predicted molar refractivity (Wildman–Crippen MR) is 91.6 cm³/mol. The zero-order valence-corrected chi connectivity index (χ0v) is 14.4. The molecule has 0 fully saturated rings. The lowest BCUT2D eigenvalue weighted by atomic mass is 9.87. The molecule has 25 heavy (non-hydrogen) atoms. The van der Waals surface area contributed by atoms with Crippen molar-refractivity contribution in [3.8, 4) is 17.6 Å². The standard InChI is InChI=1S/C19H20N2O4/c1-4-21-8-7-13(10-16(21)22)24-17-14-9-12(11-20)5-6-15(14)25-19(2,3)18(17)23/h5-10,17-18,23H,4H2,1-3H3. The van der Waals surface area contributed by atoms with E-state index in [1.807, 2.05) is 6.92 Å². The Labute approximate surface area is 145 Å².